The summed E-state index contributed by atoms with van der Waals surface area (Å²) in [6, 6.07) is 9.49. The molecular weight excluding hydrogens is 380 g/mol. The smallest absolute Gasteiger partial charge is 0.282 e. The molecule has 0 amide bonds. The molecule has 0 saturated carbocycles. The van der Waals surface area contributed by atoms with Crippen LogP contribution >= 0.6 is 11.3 Å². The monoisotopic (exact) mass is 394 g/mol. The molecule has 0 aliphatic rings. The van der Waals surface area contributed by atoms with Gasteiger partial charge in [-0.2, -0.15) is 9.78 Å². The molecule has 28 heavy (non-hydrogen) atoms. The standard InChI is InChI=1S/C19H14N4O4S/c1-11-12(2)28-18-17(11)19(24)22(10-20-18)21-9-15-7-8-16(27-15)13-3-5-14(6-4-13)23(25)26/h3-10H,1-2H3/b21-9+. The summed E-state index contributed by atoms with van der Waals surface area (Å²) in [6.07, 6.45) is 2.81. The molecule has 4 rings (SSSR count). The number of hydrogen-bond acceptors (Lipinski definition) is 7. The largest absolute Gasteiger partial charge is 0.455 e. The van der Waals surface area contributed by atoms with Gasteiger partial charge < -0.3 is 4.42 Å². The van der Waals surface area contributed by atoms with E-state index in [0.29, 0.717) is 27.3 Å². The van der Waals surface area contributed by atoms with E-state index in [1.807, 2.05) is 13.8 Å². The molecule has 0 N–H and O–H groups in total. The van der Waals surface area contributed by atoms with Crippen LogP contribution in [0.5, 0.6) is 0 Å². The van der Waals surface area contributed by atoms with Gasteiger partial charge in [0.1, 0.15) is 22.7 Å². The van der Waals surface area contributed by atoms with Crippen molar-refractivity contribution >= 4 is 33.5 Å². The summed E-state index contributed by atoms with van der Waals surface area (Å²) < 4.78 is 6.87. The van der Waals surface area contributed by atoms with Gasteiger partial charge in [0.25, 0.3) is 11.2 Å². The molecule has 140 valence electrons. The molecule has 0 fully saturated rings. The van der Waals surface area contributed by atoms with Crippen molar-refractivity contribution in [3.63, 3.8) is 0 Å². The fourth-order valence-corrected chi connectivity index (χ4v) is 3.74. The topological polar surface area (TPSA) is 104 Å². The number of furan rings is 1. The molecular formula is C19H14N4O4S. The SMILES string of the molecule is Cc1sc2ncn(/N=C/c3ccc(-c4ccc([N+](=O)[O-])cc4)o3)c(=O)c2c1C. The van der Waals surface area contributed by atoms with Crippen LogP contribution < -0.4 is 5.56 Å². The third-order valence-electron chi connectivity index (χ3n) is 4.37. The zero-order valence-electron chi connectivity index (χ0n) is 14.9. The van der Waals surface area contributed by atoms with E-state index in [4.69, 9.17) is 4.42 Å². The molecule has 0 saturated heterocycles. The summed E-state index contributed by atoms with van der Waals surface area (Å²) in [5, 5.41) is 15.5. The predicted molar refractivity (Wildman–Crippen MR) is 107 cm³/mol. The molecule has 0 aliphatic heterocycles. The van der Waals surface area contributed by atoms with Gasteiger partial charge in [-0.1, -0.05) is 0 Å². The first-order valence-corrected chi connectivity index (χ1v) is 9.12. The molecule has 0 radical (unpaired) electrons. The number of thiophene rings is 1. The average molecular weight is 394 g/mol. The fourth-order valence-electron chi connectivity index (χ4n) is 2.75. The van der Waals surface area contributed by atoms with Crippen molar-refractivity contribution in [3.8, 4) is 11.3 Å². The Labute approximate surface area is 162 Å². The van der Waals surface area contributed by atoms with Crippen LogP contribution in [0, 0.1) is 24.0 Å². The van der Waals surface area contributed by atoms with Gasteiger partial charge in [-0.15, -0.1) is 11.3 Å². The van der Waals surface area contributed by atoms with Crippen molar-refractivity contribution in [1.82, 2.24) is 9.66 Å². The highest BCUT2D eigenvalue weighted by atomic mass is 32.1. The minimum atomic E-state index is -0.455. The third-order valence-corrected chi connectivity index (χ3v) is 5.49. The first kappa shape index (κ1) is 17.8. The third kappa shape index (κ3) is 3.12. The van der Waals surface area contributed by atoms with Crippen LogP contribution in [0.1, 0.15) is 16.2 Å². The number of aromatic nitrogens is 2. The van der Waals surface area contributed by atoms with Gasteiger partial charge in [0, 0.05) is 22.6 Å². The van der Waals surface area contributed by atoms with Crippen LogP contribution in [-0.4, -0.2) is 20.8 Å². The minimum Gasteiger partial charge on any atom is -0.455 e. The van der Waals surface area contributed by atoms with E-state index in [1.165, 1.54) is 40.7 Å². The molecule has 4 aromatic rings. The van der Waals surface area contributed by atoms with Crippen molar-refractivity contribution < 1.29 is 9.34 Å². The summed E-state index contributed by atoms with van der Waals surface area (Å²) in [4.78, 5) is 29.0. The maximum atomic E-state index is 12.6. The second kappa shape index (κ2) is 6.86. The van der Waals surface area contributed by atoms with Crippen LogP contribution in [0.4, 0.5) is 5.69 Å². The van der Waals surface area contributed by atoms with Crippen LogP contribution in [0.2, 0.25) is 0 Å². The summed E-state index contributed by atoms with van der Waals surface area (Å²) in [5.74, 6) is 0.986. The lowest BCUT2D eigenvalue weighted by Gasteiger charge is -1.98. The van der Waals surface area contributed by atoms with Gasteiger partial charge in [-0.25, -0.2) is 4.98 Å². The number of nitro benzene ring substituents is 1. The molecule has 3 aromatic heterocycles. The lowest BCUT2D eigenvalue weighted by atomic mass is 10.1. The van der Waals surface area contributed by atoms with Crippen molar-refractivity contribution in [1.29, 1.82) is 0 Å². The van der Waals surface area contributed by atoms with Crippen molar-refractivity contribution in [2.75, 3.05) is 0 Å². The maximum Gasteiger partial charge on any atom is 0.282 e. The molecule has 0 unspecified atom stereocenters. The van der Waals surface area contributed by atoms with E-state index in [0.717, 1.165) is 10.4 Å². The van der Waals surface area contributed by atoms with Crippen LogP contribution in [0.15, 0.2) is 57.0 Å². The first-order chi connectivity index (χ1) is 13.4. The minimum absolute atomic E-state index is 0.0123. The lowest BCUT2D eigenvalue weighted by Crippen LogP contribution is -2.16. The Morgan fingerprint density at radius 2 is 1.96 bits per heavy atom. The van der Waals surface area contributed by atoms with Crippen molar-refractivity contribution in [2.45, 2.75) is 13.8 Å². The van der Waals surface area contributed by atoms with E-state index in [9.17, 15) is 14.9 Å². The number of fused-ring (bicyclic) bond motifs is 1. The van der Waals surface area contributed by atoms with Gasteiger partial charge in [0.15, 0.2) is 0 Å². The second-order valence-corrected chi connectivity index (χ2v) is 7.31. The number of nitro groups is 1. The molecule has 3 heterocycles. The number of nitrogens with zero attached hydrogens (tertiary/aromatic N) is 4. The Hall–Kier alpha value is -3.59. The van der Waals surface area contributed by atoms with E-state index in [-0.39, 0.29) is 11.2 Å². The lowest BCUT2D eigenvalue weighted by molar-refractivity contribution is -0.384. The van der Waals surface area contributed by atoms with Gasteiger partial charge >= 0.3 is 0 Å². The Kier molecular flexibility index (Phi) is 4.36. The second-order valence-electron chi connectivity index (χ2n) is 6.11. The zero-order chi connectivity index (χ0) is 19.8. The van der Waals surface area contributed by atoms with Gasteiger partial charge in [0.05, 0.1) is 16.5 Å². The maximum absolute atomic E-state index is 12.6. The summed E-state index contributed by atoms with van der Waals surface area (Å²) >= 11 is 1.48. The number of hydrogen-bond donors (Lipinski definition) is 0. The highest BCUT2D eigenvalue weighted by molar-refractivity contribution is 7.18. The molecule has 1 aromatic carbocycles. The number of aryl methyl sites for hydroxylation is 2. The summed E-state index contributed by atoms with van der Waals surface area (Å²) in [7, 11) is 0. The summed E-state index contributed by atoms with van der Waals surface area (Å²) in [5.41, 5.74) is 1.40. The Bertz CT molecular complexity index is 1280. The van der Waals surface area contributed by atoms with Crippen molar-refractivity contribution in [2.24, 2.45) is 5.10 Å². The summed E-state index contributed by atoms with van der Waals surface area (Å²) in [6.45, 7) is 3.85. The van der Waals surface area contributed by atoms with Gasteiger partial charge in [0.2, 0.25) is 0 Å². The van der Waals surface area contributed by atoms with Crippen LogP contribution in [-0.2, 0) is 0 Å². The normalized spacial score (nSPS) is 11.5. The van der Waals surface area contributed by atoms with E-state index in [1.54, 1.807) is 24.3 Å². The highest BCUT2D eigenvalue weighted by Gasteiger charge is 2.12. The zero-order valence-corrected chi connectivity index (χ0v) is 15.8. The first-order valence-electron chi connectivity index (χ1n) is 8.30. The molecule has 0 atom stereocenters. The Morgan fingerprint density at radius 1 is 1.21 bits per heavy atom. The van der Waals surface area contributed by atoms with Crippen molar-refractivity contribution in [3.05, 3.63) is 79.4 Å². The quantitative estimate of drug-likeness (QED) is 0.294. The fraction of sp³-hybridized carbons (Fsp3) is 0.105. The molecule has 9 heteroatoms. The highest BCUT2D eigenvalue weighted by Crippen LogP contribution is 2.26. The number of non-ortho nitro benzene ring substituents is 1. The van der Waals surface area contributed by atoms with Gasteiger partial charge in [-0.3, -0.25) is 14.9 Å². The molecule has 0 spiro atoms. The van der Waals surface area contributed by atoms with Crippen LogP contribution in [0.3, 0.4) is 0 Å². The molecule has 8 nitrogen and oxygen atoms in total. The number of rotatable bonds is 4. The average Bonchev–Trinajstić information content (AvgIpc) is 3.27. The van der Waals surface area contributed by atoms with E-state index < -0.39 is 4.92 Å². The predicted octanol–water partition coefficient (Wildman–Crippen LogP) is 4.13. The molecule has 0 aliphatic carbocycles. The van der Waals surface area contributed by atoms with E-state index >= 15 is 0 Å². The van der Waals surface area contributed by atoms with Crippen LogP contribution in [0.25, 0.3) is 21.5 Å². The number of benzene rings is 1. The van der Waals surface area contributed by atoms with E-state index in [2.05, 4.69) is 10.1 Å². The molecule has 0 bridgehead atoms. The van der Waals surface area contributed by atoms with Gasteiger partial charge in [-0.05, 0) is 43.7 Å². The Balaban J connectivity index is 1.62. The Morgan fingerprint density at radius 3 is 2.68 bits per heavy atom.